The van der Waals surface area contributed by atoms with Crippen LogP contribution >= 0.6 is 11.6 Å². The summed E-state index contributed by atoms with van der Waals surface area (Å²) in [7, 11) is 0. The highest BCUT2D eigenvalue weighted by atomic mass is 35.5. The second kappa shape index (κ2) is 5.19. The zero-order valence-corrected chi connectivity index (χ0v) is 14.3. The van der Waals surface area contributed by atoms with Crippen LogP contribution in [0.3, 0.4) is 0 Å². The second-order valence-corrected chi connectivity index (χ2v) is 7.97. The van der Waals surface area contributed by atoms with Crippen molar-refractivity contribution in [1.82, 2.24) is 0 Å². The smallest absolute Gasteiger partial charge is 0.238 e. The Labute approximate surface area is 146 Å². The van der Waals surface area contributed by atoms with Crippen LogP contribution in [-0.2, 0) is 9.59 Å². The number of anilines is 1. The number of benzene rings is 1. The number of amides is 2. The van der Waals surface area contributed by atoms with E-state index in [4.69, 9.17) is 11.6 Å². The lowest BCUT2D eigenvalue weighted by atomic mass is 9.66. The van der Waals surface area contributed by atoms with Gasteiger partial charge in [0.1, 0.15) is 0 Å². The largest absolute Gasteiger partial charge is 0.274 e. The van der Waals surface area contributed by atoms with Crippen molar-refractivity contribution in [2.75, 3.05) is 4.90 Å². The second-order valence-electron chi connectivity index (χ2n) is 7.56. The molecule has 1 heterocycles. The van der Waals surface area contributed by atoms with Gasteiger partial charge in [-0.1, -0.05) is 34.9 Å². The number of halogens is 1. The van der Waals surface area contributed by atoms with Crippen LogP contribution in [0.25, 0.3) is 0 Å². The third-order valence-electron chi connectivity index (χ3n) is 6.59. The number of para-hydroxylation sites is 1. The molecule has 124 valence electrons. The van der Waals surface area contributed by atoms with E-state index in [-0.39, 0.29) is 23.7 Å². The van der Waals surface area contributed by atoms with Gasteiger partial charge in [-0.3, -0.25) is 9.59 Å². The van der Waals surface area contributed by atoms with E-state index >= 15 is 0 Å². The third kappa shape index (κ3) is 1.79. The van der Waals surface area contributed by atoms with Crippen molar-refractivity contribution in [2.24, 2.45) is 23.7 Å². The summed E-state index contributed by atoms with van der Waals surface area (Å²) in [5.74, 6) is 0.240. The van der Waals surface area contributed by atoms with E-state index in [1.54, 1.807) is 12.1 Å². The molecule has 2 saturated carbocycles. The maximum Gasteiger partial charge on any atom is 0.238 e. The molecule has 0 N–H and O–H groups in total. The summed E-state index contributed by atoms with van der Waals surface area (Å²) in [4.78, 5) is 27.9. The molecular weight excluding hydrogens is 322 g/mol. The summed E-state index contributed by atoms with van der Waals surface area (Å²) in [6.07, 6.45) is 6.70. The molecule has 0 aromatic heterocycles. The monoisotopic (exact) mass is 341 g/mol. The van der Waals surface area contributed by atoms with Gasteiger partial charge in [0.25, 0.3) is 0 Å². The zero-order chi connectivity index (χ0) is 16.4. The Kier molecular flexibility index (Phi) is 3.18. The topological polar surface area (TPSA) is 37.4 Å². The van der Waals surface area contributed by atoms with Gasteiger partial charge in [0.05, 0.1) is 22.5 Å². The third-order valence-corrected chi connectivity index (χ3v) is 6.91. The van der Waals surface area contributed by atoms with Crippen molar-refractivity contribution in [3.63, 3.8) is 0 Å². The molecule has 4 heteroatoms. The summed E-state index contributed by atoms with van der Waals surface area (Å²) < 4.78 is 0. The summed E-state index contributed by atoms with van der Waals surface area (Å²) in [6, 6.07) is 7.20. The average Bonchev–Trinajstić information content (AvgIpc) is 3.26. The first kappa shape index (κ1) is 14.7. The lowest BCUT2D eigenvalue weighted by molar-refractivity contribution is -0.122. The summed E-state index contributed by atoms with van der Waals surface area (Å²) in [6.45, 7) is 0. The van der Waals surface area contributed by atoms with E-state index in [2.05, 4.69) is 0 Å². The van der Waals surface area contributed by atoms with E-state index in [0.29, 0.717) is 22.5 Å². The first-order valence-electron chi connectivity index (χ1n) is 9.02. The quantitative estimate of drug-likeness (QED) is 0.562. The Balaban J connectivity index is 1.63. The van der Waals surface area contributed by atoms with Gasteiger partial charge in [0.15, 0.2) is 0 Å². The van der Waals surface area contributed by atoms with Crippen molar-refractivity contribution >= 4 is 29.1 Å². The van der Waals surface area contributed by atoms with Crippen LogP contribution in [0.2, 0.25) is 5.02 Å². The molecule has 4 aliphatic rings. The first-order valence-corrected chi connectivity index (χ1v) is 9.40. The number of carbonyl (C=O) groups is 2. The number of hydrogen-bond donors (Lipinski definition) is 0. The molecule has 1 aliphatic heterocycles. The number of allylic oxidation sites excluding steroid dienone is 2. The van der Waals surface area contributed by atoms with Crippen LogP contribution in [0.1, 0.15) is 38.5 Å². The molecule has 2 amide bonds. The van der Waals surface area contributed by atoms with Crippen molar-refractivity contribution in [3.8, 4) is 0 Å². The van der Waals surface area contributed by atoms with E-state index in [1.807, 2.05) is 12.1 Å². The molecular formula is C20H20ClNO2. The SMILES string of the molecule is O=C1C2C3CCCC3=C3CCCC3C2C(=O)N1c1ccccc1Cl. The average molecular weight is 342 g/mol. The summed E-state index contributed by atoms with van der Waals surface area (Å²) in [5, 5.41) is 0.476. The molecule has 0 radical (unpaired) electrons. The van der Waals surface area contributed by atoms with Gasteiger partial charge in [0, 0.05) is 0 Å². The lowest BCUT2D eigenvalue weighted by Crippen LogP contribution is -2.35. The first-order chi connectivity index (χ1) is 11.7. The Morgan fingerprint density at radius 1 is 0.875 bits per heavy atom. The maximum atomic E-state index is 13.3. The van der Waals surface area contributed by atoms with Gasteiger partial charge in [-0.2, -0.15) is 0 Å². The molecule has 0 bridgehead atoms. The van der Waals surface area contributed by atoms with Crippen LogP contribution in [0.5, 0.6) is 0 Å². The van der Waals surface area contributed by atoms with Gasteiger partial charge in [-0.25, -0.2) is 4.90 Å². The van der Waals surface area contributed by atoms with E-state index in [1.165, 1.54) is 16.0 Å². The minimum Gasteiger partial charge on any atom is -0.274 e. The van der Waals surface area contributed by atoms with Crippen molar-refractivity contribution < 1.29 is 9.59 Å². The molecule has 3 nitrogen and oxygen atoms in total. The van der Waals surface area contributed by atoms with Gasteiger partial charge in [0.2, 0.25) is 11.8 Å². The van der Waals surface area contributed by atoms with Gasteiger partial charge >= 0.3 is 0 Å². The van der Waals surface area contributed by atoms with Crippen molar-refractivity contribution in [2.45, 2.75) is 38.5 Å². The molecule has 3 fully saturated rings. The number of nitrogens with zero attached hydrogens (tertiary/aromatic N) is 1. The Bertz CT molecular complexity index is 742. The summed E-state index contributed by atoms with van der Waals surface area (Å²) in [5.41, 5.74) is 3.62. The predicted molar refractivity (Wildman–Crippen MR) is 92.6 cm³/mol. The number of fused-ring (bicyclic) bond motifs is 5. The van der Waals surface area contributed by atoms with Gasteiger partial charge < -0.3 is 0 Å². The zero-order valence-electron chi connectivity index (χ0n) is 13.5. The fourth-order valence-electron chi connectivity index (χ4n) is 5.76. The minimum absolute atomic E-state index is 0.0200. The highest BCUT2D eigenvalue weighted by molar-refractivity contribution is 6.36. The number of hydrogen-bond acceptors (Lipinski definition) is 2. The molecule has 24 heavy (non-hydrogen) atoms. The number of carbonyl (C=O) groups excluding carboxylic acids is 2. The van der Waals surface area contributed by atoms with E-state index in [0.717, 1.165) is 38.5 Å². The van der Waals surface area contributed by atoms with Crippen molar-refractivity contribution in [1.29, 1.82) is 0 Å². The molecule has 5 rings (SSSR count). The molecule has 4 atom stereocenters. The molecule has 1 saturated heterocycles. The number of imide groups is 1. The Morgan fingerprint density at radius 2 is 1.42 bits per heavy atom. The standard InChI is InChI=1S/C20H20ClNO2/c21-15-9-1-2-10-16(15)22-19(23)17-13-7-3-5-11(13)12-6-4-8-14(12)18(17)20(22)24/h1-2,9-10,13-14,17-18H,3-8H2. The molecule has 1 aromatic rings. The molecule has 3 aliphatic carbocycles. The highest BCUT2D eigenvalue weighted by Crippen LogP contribution is 2.58. The van der Waals surface area contributed by atoms with E-state index < -0.39 is 0 Å². The minimum atomic E-state index is -0.155. The molecule has 4 unspecified atom stereocenters. The van der Waals surface area contributed by atoms with Gasteiger partial charge in [-0.15, -0.1) is 0 Å². The Hall–Kier alpha value is -1.61. The molecule has 1 aromatic carbocycles. The van der Waals surface area contributed by atoms with Crippen LogP contribution in [0.4, 0.5) is 5.69 Å². The van der Waals surface area contributed by atoms with Crippen LogP contribution in [0.15, 0.2) is 35.4 Å². The summed E-state index contributed by atoms with van der Waals surface area (Å²) >= 11 is 6.30. The maximum absolute atomic E-state index is 13.3. The fourth-order valence-corrected chi connectivity index (χ4v) is 5.98. The highest BCUT2D eigenvalue weighted by Gasteiger charge is 2.59. The normalized spacial score (nSPS) is 34.6. The molecule has 0 spiro atoms. The Morgan fingerprint density at radius 3 is 1.96 bits per heavy atom. The van der Waals surface area contributed by atoms with Crippen LogP contribution < -0.4 is 4.90 Å². The predicted octanol–water partition coefficient (Wildman–Crippen LogP) is 4.36. The van der Waals surface area contributed by atoms with Gasteiger partial charge in [-0.05, 0) is 62.5 Å². The van der Waals surface area contributed by atoms with E-state index in [9.17, 15) is 9.59 Å². The fraction of sp³-hybridized carbons (Fsp3) is 0.500. The van der Waals surface area contributed by atoms with Crippen LogP contribution in [0, 0.1) is 23.7 Å². The van der Waals surface area contributed by atoms with Crippen molar-refractivity contribution in [3.05, 3.63) is 40.4 Å². The number of rotatable bonds is 1. The lowest BCUT2D eigenvalue weighted by Gasteiger charge is -2.34. The van der Waals surface area contributed by atoms with Crippen LogP contribution in [-0.4, -0.2) is 11.8 Å².